The third-order valence-electron chi connectivity index (χ3n) is 4.05. The maximum absolute atomic E-state index is 13.1. The molecule has 0 aromatic heterocycles. The zero-order valence-electron chi connectivity index (χ0n) is 10.9. The number of hydrogen-bond donors (Lipinski definition) is 2. The Morgan fingerprint density at radius 1 is 1.29 bits per heavy atom. The van der Waals surface area contributed by atoms with Gasteiger partial charge < -0.3 is 15.2 Å². The lowest BCUT2D eigenvalue weighted by molar-refractivity contribution is -0.147. The molecule has 2 aliphatic heterocycles. The maximum atomic E-state index is 13.1. The molecule has 0 spiro atoms. The van der Waals surface area contributed by atoms with Crippen LogP contribution in [0.25, 0.3) is 0 Å². The number of aliphatic carboxylic acids is 1. The molecule has 7 heteroatoms. The van der Waals surface area contributed by atoms with E-state index in [9.17, 15) is 19.1 Å². The van der Waals surface area contributed by atoms with Crippen molar-refractivity contribution in [2.24, 2.45) is 11.8 Å². The highest BCUT2D eigenvalue weighted by molar-refractivity contribution is 6.31. The summed E-state index contributed by atoms with van der Waals surface area (Å²) >= 11 is 5.65. The van der Waals surface area contributed by atoms with Crippen LogP contribution in [0.4, 0.5) is 10.1 Å². The molecule has 3 rings (SSSR count). The second kappa shape index (κ2) is 5.27. The molecule has 0 aliphatic carbocycles. The molecule has 0 radical (unpaired) electrons. The Morgan fingerprint density at radius 2 is 1.95 bits per heavy atom. The number of hydrogen-bond acceptors (Lipinski definition) is 3. The summed E-state index contributed by atoms with van der Waals surface area (Å²) in [6.07, 6.45) is 0.567. The van der Waals surface area contributed by atoms with E-state index in [0.29, 0.717) is 18.5 Å². The minimum atomic E-state index is -1.03. The molecule has 1 aromatic carbocycles. The van der Waals surface area contributed by atoms with Gasteiger partial charge in [0.2, 0.25) is 5.91 Å². The van der Waals surface area contributed by atoms with E-state index in [4.69, 9.17) is 16.3 Å². The van der Waals surface area contributed by atoms with Crippen LogP contribution in [-0.4, -0.2) is 29.2 Å². The fourth-order valence-corrected chi connectivity index (χ4v) is 3.30. The number of benzene rings is 1. The van der Waals surface area contributed by atoms with Crippen LogP contribution < -0.4 is 5.32 Å². The molecule has 2 heterocycles. The SMILES string of the molecule is O=C(O)[C@H]1[C@H](C(=O)Nc2ccc(F)c(Cl)c2)[C@H]2CC[C@H]1O2. The number of carboxylic acids is 1. The number of fused-ring (bicyclic) bond motifs is 2. The smallest absolute Gasteiger partial charge is 0.310 e. The van der Waals surface area contributed by atoms with Gasteiger partial charge >= 0.3 is 5.97 Å². The first-order chi connectivity index (χ1) is 9.97. The highest BCUT2D eigenvalue weighted by Crippen LogP contribution is 2.44. The van der Waals surface area contributed by atoms with Gasteiger partial charge in [0.05, 0.1) is 29.1 Å². The molecule has 5 nitrogen and oxygen atoms in total. The lowest BCUT2D eigenvalue weighted by Crippen LogP contribution is -2.40. The Morgan fingerprint density at radius 3 is 2.57 bits per heavy atom. The van der Waals surface area contributed by atoms with Crippen molar-refractivity contribution in [2.75, 3.05) is 5.32 Å². The molecule has 2 fully saturated rings. The van der Waals surface area contributed by atoms with E-state index in [1.165, 1.54) is 12.1 Å². The molecular formula is C14H13ClFNO4. The first-order valence-electron chi connectivity index (χ1n) is 6.61. The number of ether oxygens (including phenoxy) is 1. The first-order valence-corrected chi connectivity index (χ1v) is 6.99. The molecule has 2 aliphatic rings. The van der Waals surface area contributed by atoms with Crippen LogP contribution in [0.1, 0.15) is 12.8 Å². The summed E-state index contributed by atoms with van der Waals surface area (Å²) in [5.74, 6) is -3.61. The monoisotopic (exact) mass is 313 g/mol. The summed E-state index contributed by atoms with van der Waals surface area (Å²) in [5.41, 5.74) is 0.332. The molecule has 0 saturated carbocycles. The molecule has 21 heavy (non-hydrogen) atoms. The zero-order valence-corrected chi connectivity index (χ0v) is 11.6. The van der Waals surface area contributed by atoms with Crippen molar-refractivity contribution in [1.82, 2.24) is 0 Å². The third-order valence-corrected chi connectivity index (χ3v) is 4.34. The summed E-state index contributed by atoms with van der Waals surface area (Å²) in [5, 5.41) is 11.8. The van der Waals surface area contributed by atoms with Gasteiger partial charge in [-0.1, -0.05) is 11.6 Å². The van der Waals surface area contributed by atoms with Crippen LogP contribution in [0.3, 0.4) is 0 Å². The number of anilines is 1. The van der Waals surface area contributed by atoms with Crippen molar-refractivity contribution >= 4 is 29.2 Å². The maximum Gasteiger partial charge on any atom is 0.310 e. The normalized spacial score (nSPS) is 30.4. The first kappa shape index (κ1) is 14.3. The predicted octanol–water partition coefficient (Wildman–Crippen LogP) is 2.30. The molecule has 1 amide bonds. The fraction of sp³-hybridized carbons (Fsp3) is 0.429. The lowest BCUT2D eigenvalue weighted by Gasteiger charge is -2.23. The van der Waals surface area contributed by atoms with Crippen molar-refractivity contribution in [1.29, 1.82) is 0 Å². The van der Waals surface area contributed by atoms with E-state index in [0.717, 1.165) is 6.07 Å². The summed E-state index contributed by atoms with van der Waals surface area (Å²) in [7, 11) is 0. The van der Waals surface area contributed by atoms with Crippen molar-refractivity contribution in [3.63, 3.8) is 0 Å². The van der Waals surface area contributed by atoms with Gasteiger partial charge in [-0.25, -0.2) is 4.39 Å². The van der Waals surface area contributed by atoms with Gasteiger partial charge in [-0.3, -0.25) is 9.59 Å². The van der Waals surface area contributed by atoms with Crippen LogP contribution >= 0.6 is 11.6 Å². The standard InChI is InChI=1S/C14H13ClFNO4/c15-7-5-6(1-2-8(7)16)17-13(18)11-9-3-4-10(21-9)12(11)14(19)20/h1-2,5,9-12H,3-4H2,(H,17,18)(H,19,20)/t9-,10-,11-,12-/m1/s1. The molecule has 112 valence electrons. The molecule has 0 unspecified atom stereocenters. The minimum Gasteiger partial charge on any atom is -0.481 e. The second-order valence-corrected chi connectivity index (χ2v) is 5.71. The van der Waals surface area contributed by atoms with Crippen molar-refractivity contribution in [3.05, 3.63) is 29.0 Å². The van der Waals surface area contributed by atoms with Crippen LogP contribution in [-0.2, 0) is 14.3 Å². The Balaban J connectivity index is 1.78. The highest BCUT2D eigenvalue weighted by Gasteiger charge is 2.55. The minimum absolute atomic E-state index is 0.105. The van der Waals surface area contributed by atoms with E-state index in [-0.39, 0.29) is 11.1 Å². The van der Waals surface area contributed by atoms with Crippen LogP contribution in [0.2, 0.25) is 5.02 Å². The van der Waals surface area contributed by atoms with Gasteiger partial charge in [-0.05, 0) is 31.0 Å². The third kappa shape index (κ3) is 2.49. The Labute approximate surface area is 125 Å². The average molecular weight is 314 g/mol. The summed E-state index contributed by atoms with van der Waals surface area (Å²) < 4.78 is 18.6. The Bertz CT molecular complexity index is 609. The van der Waals surface area contributed by atoms with Gasteiger partial charge in [-0.2, -0.15) is 0 Å². The van der Waals surface area contributed by atoms with E-state index in [1.807, 2.05) is 0 Å². The average Bonchev–Trinajstić information content (AvgIpc) is 3.03. The molecule has 1 aromatic rings. The van der Waals surface area contributed by atoms with Crippen molar-refractivity contribution in [2.45, 2.75) is 25.0 Å². The zero-order chi connectivity index (χ0) is 15.1. The number of nitrogens with one attached hydrogen (secondary N) is 1. The summed E-state index contributed by atoms with van der Waals surface area (Å²) in [6, 6.07) is 3.81. The van der Waals surface area contributed by atoms with Gasteiger partial charge in [0, 0.05) is 5.69 Å². The molecule has 2 N–H and O–H groups in total. The number of carboxylic acid groups (broad SMARTS) is 1. The fourth-order valence-electron chi connectivity index (χ4n) is 3.12. The van der Waals surface area contributed by atoms with E-state index in [2.05, 4.69) is 5.32 Å². The summed E-state index contributed by atoms with van der Waals surface area (Å²) in [4.78, 5) is 23.7. The molecule has 2 saturated heterocycles. The number of carbonyl (C=O) groups is 2. The Kier molecular flexibility index (Phi) is 3.59. The van der Waals surface area contributed by atoms with Crippen LogP contribution in [0.15, 0.2) is 18.2 Å². The lowest BCUT2D eigenvalue weighted by atomic mass is 9.78. The van der Waals surface area contributed by atoms with Crippen LogP contribution in [0, 0.1) is 17.7 Å². The van der Waals surface area contributed by atoms with Crippen molar-refractivity contribution < 1.29 is 23.8 Å². The number of rotatable bonds is 3. The number of carbonyl (C=O) groups excluding carboxylic acids is 1. The van der Waals surface area contributed by atoms with E-state index < -0.39 is 35.6 Å². The Hall–Kier alpha value is -1.66. The van der Waals surface area contributed by atoms with Gasteiger partial charge in [-0.15, -0.1) is 0 Å². The topological polar surface area (TPSA) is 75.6 Å². The van der Waals surface area contributed by atoms with Gasteiger partial charge in [0.1, 0.15) is 5.82 Å². The number of amides is 1. The highest BCUT2D eigenvalue weighted by atomic mass is 35.5. The van der Waals surface area contributed by atoms with E-state index >= 15 is 0 Å². The summed E-state index contributed by atoms with van der Waals surface area (Å²) in [6.45, 7) is 0. The molecule has 2 bridgehead atoms. The predicted molar refractivity (Wildman–Crippen MR) is 72.6 cm³/mol. The molecular weight excluding hydrogens is 301 g/mol. The van der Waals surface area contributed by atoms with E-state index in [1.54, 1.807) is 0 Å². The second-order valence-electron chi connectivity index (χ2n) is 5.30. The molecule has 4 atom stereocenters. The largest absolute Gasteiger partial charge is 0.481 e. The quantitative estimate of drug-likeness (QED) is 0.898. The number of halogens is 2. The van der Waals surface area contributed by atoms with Crippen molar-refractivity contribution in [3.8, 4) is 0 Å². The van der Waals surface area contributed by atoms with Gasteiger partial charge in [0.15, 0.2) is 0 Å². The van der Waals surface area contributed by atoms with Gasteiger partial charge in [0.25, 0.3) is 0 Å². The van der Waals surface area contributed by atoms with Crippen LogP contribution in [0.5, 0.6) is 0 Å².